The third-order valence-electron chi connectivity index (χ3n) is 4.06. The molecule has 104 valence electrons. The van der Waals surface area contributed by atoms with E-state index in [1.807, 2.05) is 12.1 Å². The zero-order chi connectivity index (χ0) is 13.9. The first-order valence-electron chi connectivity index (χ1n) is 7.22. The molecule has 2 aromatic rings. The van der Waals surface area contributed by atoms with Crippen molar-refractivity contribution in [2.75, 3.05) is 0 Å². The monoisotopic (exact) mass is 304 g/mol. The first-order chi connectivity index (χ1) is 9.72. The molecule has 0 aliphatic heterocycles. The topological polar surface area (TPSA) is 0 Å². The van der Waals surface area contributed by atoms with E-state index in [2.05, 4.69) is 30.3 Å². The Kier molecular flexibility index (Phi) is 4.33. The zero-order valence-corrected chi connectivity index (χ0v) is 12.9. The maximum absolute atomic E-state index is 6.59. The minimum atomic E-state index is 0.0309. The molecule has 1 unspecified atom stereocenters. The van der Waals surface area contributed by atoms with E-state index in [0.717, 1.165) is 11.4 Å². The fraction of sp³-hybridized carbons (Fsp3) is 0.333. The van der Waals surface area contributed by atoms with E-state index in [9.17, 15) is 0 Å². The van der Waals surface area contributed by atoms with Crippen LogP contribution in [-0.2, 0) is 19.3 Å². The first kappa shape index (κ1) is 14.0. The highest BCUT2D eigenvalue weighted by Gasteiger charge is 2.14. The predicted molar refractivity (Wildman–Crippen MR) is 86.8 cm³/mol. The molecule has 2 aromatic carbocycles. The van der Waals surface area contributed by atoms with Gasteiger partial charge in [-0.05, 0) is 66.5 Å². The number of alkyl halides is 1. The average molecular weight is 305 g/mol. The van der Waals surface area contributed by atoms with E-state index in [-0.39, 0.29) is 5.38 Å². The number of aryl methyl sites for hydroxylation is 2. The van der Waals surface area contributed by atoms with Crippen LogP contribution in [0.4, 0.5) is 0 Å². The highest BCUT2D eigenvalue weighted by Crippen LogP contribution is 2.30. The van der Waals surface area contributed by atoms with Gasteiger partial charge in [-0.25, -0.2) is 0 Å². The lowest BCUT2D eigenvalue weighted by Gasteiger charge is -2.18. The smallest absolute Gasteiger partial charge is 0.0625 e. The van der Waals surface area contributed by atoms with Crippen molar-refractivity contribution in [1.82, 2.24) is 0 Å². The van der Waals surface area contributed by atoms with Gasteiger partial charge in [-0.2, -0.15) is 0 Å². The van der Waals surface area contributed by atoms with Crippen molar-refractivity contribution in [3.63, 3.8) is 0 Å². The van der Waals surface area contributed by atoms with Crippen LogP contribution in [0.5, 0.6) is 0 Å². The van der Waals surface area contributed by atoms with E-state index < -0.39 is 0 Å². The number of halogens is 2. The average Bonchev–Trinajstić information content (AvgIpc) is 2.49. The van der Waals surface area contributed by atoms with Crippen molar-refractivity contribution in [1.29, 1.82) is 0 Å². The van der Waals surface area contributed by atoms with Crippen LogP contribution in [0, 0.1) is 0 Å². The lowest BCUT2D eigenvalue weighted by atomic mass is 9.89. The van der Waals surface area contributed by atoms with Gasteiger partial charge in [0.15, 0.2) is 0 Å². The van der Waals surface area contributed by atoms with Crippen LogP contribution in [0.15, 0.2) is 42.5 Å². The minimum Gasteiger partial charge on any atom is -0.117 e. The second kappa shape index (κ2) is 6.20. The van der Waals surface area contributed by atoms with E-state index in [1.54, 1.807) is 0 Å². The number of hydrogen-bond acceptors (Lipinski definition) is 0. The molecule has 0 N–H and O–H groups in total. The quantitative estimate of drug-likeness (QED) is 0.634. The largest absolute Gasteiger partial charge is 0.117 e. The van der Waals surface area contributed by atoms with Gasteiger partial charge in [-0.3, -0.25) is 0 Å². The number of rotatable bonds is 3. The number of hydrogen-bond donors (Lipinski definition) is 0. The van der Waals surface area contributed by atoms with Crippen LogP contribution in [-0.4, -0.2) is 0 Å². The standard InChI is InChI=1S/C18H18Cl2/c19-17-9-5-13(6-10-17)11-18(20)16-8-7-14-3-1-2-4-15(14)12-16/h5-10,12,18H,1-4,11H2. The molecular weight excluding hydrogens is 287 g/mol. The van der Waals surface area contributed by atoms with Gasteiger partial charge in [-0.15, -0.1) is 11.6 Å². The summed E-state index contributed by atoms with van der Waals surface area (Å²) in [5.41, 5.74) is 5.47. The number of fused-ring (bicyclic) bond motifs is 1. The van der Waals surface area contributed by atoms with E-state index >= 15 is 0 Å². The van der Waals surface area contributed by atoms with Gasteiger partial charge >= 0.3 is 0 Å². The lowest BCUT2D eigenvalue weighted by molar-refractivity contribution is 0.683. The maximum atomic E-state index is 6.59. The fourth-order valence-corrected chi connectivity index (χ4v) is 3.33. The summed E-state index contributed by atoms with van der Waals surface area (Å²) in [5.74, 6) is 0. The van der Waals surface area contributed by atoms with Crippen molar-refractivity contribution in [2.45, 2.75) is 37.5 Å². The molecule has 20 heavy (non-hydrogen) atoms. The second-order valence-corrected chi connectivity index (χ2v) is 6.50. The summed E-state index contributed by atoms with van der Waals surface area (Å²) in [6.45, 7) is 0. The molecule has 0 radical (unpaired) electrons. The molecule has 0 saturated heterocycles. The van der Waals surface area contributed by atoms with Crippen molar-refractivity contribution in [3.8, 4) is 0 Å². The van der Waals surface area contributed by atoms with Crippen molar-refractivity contribution >= 4 is 23.2 Å². The van der Waals surface area contributed by atoms with Crippen LogP contribution in [0.2, 0.25) is 5.02 Å². The fourth-order valence-electron chi connectivity index (χ4n) is 2.89. The van der Waals surface area contributed by atoms with E-state index in [0.29, 0.717) is 0 Å². The Hall–Kier alpha value is -0.980. The molecule has 0 heterocycles. The molecule has 2 heteroatoms. The molecule has 0 aromatic heterocycles. The van der Waals surface area contributed by atoms with Crippen molar-refractivity contribution in [3.05, 3.63) is 69.7 Å². The van der Waals surface area contributed by atoms with Gasteiger partial charge < -0.3 is 0 Å². The van der Waals surface area contributed by atoms with Gasteiger partial charge in [0.05, 0.1) is 5.38 Å². The molecular formula is C18H18Cl2. The summed E-state index contributed by atoms with van der Waals surface area (Å²) >= 11 is 12.5. The Labute approximate surface area is 130 Å². The molecule has 1 aliphatic rings. The highest BCUT2D eigenvalue weighted by atomic mass is 35.5. The third-order valence-corrected chi connectivity index (χ3v) is 4.72. The van der Waals surface area contributed by atoms with E-state index in [4.69, 9.17) is 23.2 Å². The van der Waals surface area contributed by atoms with Gasteiger partial charge in [0, 0.05) is 5.02 Å². The SMILES string of the molecule is Clc1ccc(CC(Cl)c2ccc3c(c2)CCCC3)cc1. The summed E-state index contributed by atoms with van der Waals surface area (Å²) in [4.78, 5) is 0. The zero-order valence-electron chi connectivity index (χ0n) is 11.4. The van der Waals surface area contributed by atoms with Crippen molar-refractivity contribution in [2.24, 2.45) is 0 Å². The Morgan fingerprint density at radius 3 is 2.35 bits per heavy atom. The molecule has 0 nitrogen and oxygen atoms in total. The van der Waals surface area contributed by atoms with Gasteiger partial charge in [-0.1, -0.05) is 41.9 Å². The Bertz CT molecular complexity index is 587. The van der Waals surface area contributed by atoms with Gasteiger partial charge in [0.1, 0.15) is 0 Å². The van der Waals surface area contributed by atoms with Crippen LogP contribution < -0.4 is 0 Å². The maximum Gasteiger partial charge on any atom is 0.0625 e. The molecule has 0 bridgehead atoms. The lowest BCUT2D eigenvalue weighted by Crippen LogP contribution is -2.04. The highest BCUT2D eigenvalue weighted by molar-refractivity contribution is 6.30. The third kappa shape index (κ3) is 3.19. The second-order valence-electron chi connectivity index (χ2n) is 5.53. The predicted octanol–water partition coefficient (Wildman–Crippen LogP) is 5.74. The summed E-state index contributed by atoms with van der Waals surface area (Å²) in [6, 6.07) is 14.7. The summed E-state index contributed by atoms with van der Waals surface area (Å²) in [7, 11) is 0. The van der Waals surface area contributed by atoms with Crippen LogP contribution in [0.3, 0.4) is 0 Å². The molecule has 3 rings (SSSR count). The molecule has 0 spiro atoms. The molecule has 0 saturated carbocycles. The van der Waals surface area contributed by atoms with E-state index in [1.165, 1.54) is 47.9 Å². The summed E-state index contributed by atoms with van der Waals surface area (Å²) < 4.78 is 0. The summed E-state index contributed by atoms with van der Waals surface area (Å²) in [5, 5.41) is 0.803. The Balaban J connectivity index is 1.76. The number of benzene rings is 2. The first-order valence-corrected chi connectivity index (χ1v) is 8.04. The van der Waals surface area contributed by atoms with Gasteiger partial charge in [0.25, 0.3) is 0 Å². The van der Waals surface area contributed by atoms with Crippen LogP contribution in [0.1, 0.15) is 40.5 Å². The Morgan fingerprint density at radius 1 is 0.900 bits per heavy atom. The molecule has 1 atom stereocenters. The summed E-state index contributed by atoms with van der Waals surface area (Å²) in [6.07, 6.45) is 5.90. The molecule has 0 amide bonds. The normalized spacial score (nSPS) is 15.7. The van der Waals surface area contributed by atoms with Crippen LogP contribution in [0.25, 0.3) is 0 Å². The van der Waals surface area contributed by atoms with Crippen LogP contribution >= 0.6 is 23.2 Å². The molecule has 1 aliphatic carbocycles. The van der Waals surface area contributed by atoms with Gasteiger partial charge in [0.2, 0.25) is 0 Å². The minimum absolute atomic E-state index is 0.0309. The Morgan fingerprint density at radius 2 is 1.60 bits per heavy atom. The molecule has 0 fully saturated rings. The van der Waals surface area contributed by atoms with Crippen molar-refractivity contribution < 1.29 is 0 Å².